The van der Waals surface area contributed by atoms with Crippen LogP contribution >= 0.6 is 0 Å². The SMILES string of the molecule is CC(C)n1nc(CCCN)cc1C1CCC1. The van der Waals surface area contributed by atoms with Gasteiger partial charge in [0.2, 0.25) is 0 Å². The van der Waals surface area contributed by atoms with Crippen molar-refractivity contribution in [2.45, 2.75) is 57.9 Å². The van der Waals surface area contributed by atoms with Gasteiger partial charge in [0.05, 0.1) is 5.69 Å². The van der Waals surface area contributed by atoms with Crippen molar-refractivity contribution in [3.63, 3.8) is 0 Å². The second-order valence-corrected chi connectivity index (χ2v) is 5.12. The molecule has 1 aliphatic carbocycles. The maximum absolute atomic E-state index is 5.54. The molecule has 1 aromatic heterocycles. The Labute approximate surface area is 98.0 Å². The van der Waals surface area contributed by atoms with Crippen LogP contribution < -0.4 is 5.73 Å². The van der Waals surface area contributed by atoms with Gasteiger partial charge in [0.25, 0.3) is 0 Å². The fourth-order valence-electron chi connectivity index (χ4n) is 2.29. The monoisotopic (exact) mass is 221 g/mol. The second kappa shape index (κ2) is 5.00. The lowest BCUT2D eigenvalue weighted by Crippen LogP contribution is -2.16. The van der Waals surface area contributed by atoms with Gasteiger partial charge in [-0.1, -0.05) is 6.42 Å². The Morgan fingerprint density at radius 2 is 2.25 bits per heavy atom. The molecule has 0 saturated heterocycles. The van der Waals surface area contributed by atoms with Gasteiger partial charge < -0.3 is 5.73 Å². The van der Waals surface area contributed by atoms with Gasteiger partial charge in [-0.2, -0.15) is 5.10 Å². The molecule has 2 rings (SSSR count). The van der Waals surface area contributed by atoms with Crippen molar-refractivity contribution >= 4 is 0 Å². The number of nitrogens with two attached hydrogens (primary N) is 1. The first-order chi connectivity index (χ1) is 7.72. The van der Waals surface area contributed by atoms with Gasteiger partial charge in [0.1, 0.15) is 0 Å². The van der Waals surface area contributed by atoms with E-state index in [1.165, 1.54) is 30.7 Å². The third-order valence-electron chi connectivity index (χ3n) is 3.46. The lowest BCUT2D eigenvalue weighted by Gasteiger charge is -2.27. The maximum Gasteiger partial charge on any atom is 0.0628 e. The minimum atomic E-state index is 0.474. The quantitative estimate of drug-likeness (QED) is 0.830. The van der Waals surface area contributed by atoms with Gasteiger partial charge in [-0.25, -0.2) is 0 Å². The molecule has 0 atom stereocenters. The van der Waals surface area contributed by atoms with E-state index in [4.69, 9.17) is 10.8 Å². The van der Waals surface area contributed by atoms with E-state index in [0.29, 0.717) is 6.04 Å². The molecule has 0 unspecified atom stereocenters. The van der Waals surface area contributed by atoms with Crippen LogP contribution in [-0.2, 0) is 6.42 Å². The first-order valence-electron chi connectivity index (χ1n) is 6.50. The Morgan fingerprint density at radius 1 is 1.50 bits per heavy atom. The van der Waals surface area contributed by atoms with E-state index in [-0.39, 0.29) is 0 Å². The van der Waals surface area contributed by atoms with Crippen LogP contribution in [0.4, 0.5) is 0 Å². The molecule has 0 radical (unpaired) electrons. The van der Waals surface area contributed by atoms with E-state index in [2.05, 4.69) is 24.6 Å². The van der Waals surface area contributed by atoms with Crippen LogP contribution in [0, 0.1) is 0 Å². The van der Waals surface area contributed by atoms with Gasteiger partial charge >= 0.3 is 0 Å². The molecular formula is C13H23N3. The van der Waals surface area contributed by atoms with Crippen molar-refractivity contribution in [3.8, 4) is 0 Å². The van der Waals surface area contributed by atoms with Gasteiger partial charge in [-0.05, 0) is 52.1 Å². The Morgan fingerprint density at radius 3 is 2.75 bits per heavy atom. The summed E-state index contributed by atoms with van der Waals surface area (Å²) in [5, 5.41) is 4.71. The molecular weight excluding hydrogens is 198 g/mol. The smallest absolute Gasteiger partial charge is 0.0628 e. The van der Waals surface area contributed by atoms with Crippen LogP contribution in [0.15, 0.2) is 6.07 Å². The summed E-state index contributed by atoms with van der Waals surface area (Å²) in [5.41, 5.74) is 8.22. The Kier molecular flexibility index (Phi) is 3.64. The first-order valence-corrected chi connectivity index (χ1v) is 6.50. The van der Waals surface area contributed by atoms with Crippen LogP contribution in [0.1, 0.15) is 62.9 Å². The Balaban J connectivity index is 2.16. The van der Waals surface area contributed by atoms with Crippen LogP contribution in [-0.4, -0.2) is 16.3 Å². The summed E-state index contributed by atoms with van der Waals surface area (Å²) in [5.74, 6) is 0.765. The van der Waals surface area contributed by atoms with E-state index >= 15 is 0 Å². The third-order valence-corrected chi connectivity index (χ3v) is 3.46. The number of rotatable bonds is 5. The van der Waals surface area contributed by atoms with Crippen molar-refractivity contribution < 1.29 is 0 Å². The number of hydrogen-bond acceptors (Lipinski definition) is 2. The van der Waals surface area contributed by atoms with E-state index in [1.54, 1.807) is 0 Å². The Hall–Kier alpha value is -0.830. The molecule has 0 bridgehead atoms. The summed E-state index contributed by atoms with van der Waals surface area (Å²) < 4.78 is 2.22. The standard InChI is InChI=1S/C13H23N3/c1-10(2)16-13(11-5-3-6-11)9-12(15-16)7-4-8-14/h9-11H,3-8,14H2,1-2H3. The molecule has 16 heavy (non-hydrogen) atoms. The molecule has 0 spiro atoms. The van der Waals surface area contributed by atoms with Gasteiger partial charge in [-0.3, -0.25) is 4.68 Å². The minimum absolute atomic E-state index is 0.474. The van der Waals surface area contributed by atoms with Crippen molar-refractivity contribution in [1.29, 1.82) is 0 Å². The average Bonchev–Trinajstić information content (AvgIpc) is 2.56. The summed E-state index contributed by atoms with van der Waals surface area (Å²) in [7, 11) is 0. The molecule has 1 aromatic rings. The lowest BCUT2D eigenvalue weighted by atomic mass is 9.82. The van der Waals surface area contributed by atoms with Gasteiger partial charge in [0, 0.05) is 17.7 Å². The van der Waals surface area contributed by atoms with Crippen molar-refractivity contribution in [1.82, 2.24) is 9.78 Å². The summed E-state index contributed by atoms with van der Waals surface area (Å²) in [6, 6.07) is 2.78. The lowest BCUT2D eigenvalue weighted by molar-refractivity contribution is 0.375. The summed E-state index contributed by atoms with van der Waals surface area (Å²) in [4.78, 5) is 0. The van der Waals surface area contributed by atoms with E-state index < -0.39 is 0 Å². The zero-order valence-corrected chi connectivity index (χ0v) is 10.4. The predicted octanol–water partition coefficient (Wildman–Crippen LogP) is 2.62. The molecule has 0 aliphatic heterocycles. The molecule has 1 heterocycles. The predicted molar refractivity (Wildman–Crippen MR) is 66.6 cm³/mol. The second-order valence-electron chi connectivity index (χ2n) is 5.12. The highest BCUT2D eigenvalue weighted by atomic mass is 15.3. The van der Waals surface area contributed by atoms with Gasteiger partial charge in [0.15, 0.2) is 0 Å². The molecule has 1 saturated carbocycles. The topological polar surface area (TPSA) is 43.8 Å². The molecule has 3 nitrogen and oxygen atoms in total. The van der Waals surface area contributed by atoms with Crippen LogP contribution in [0.5, 0.6) is 0 Å². The maximum atomic E-state index is 5.54. The fourth-order valence-corrected chi connectivity index (χ4v) is 2.29. The highest BCUT2D eigenvalue weighted by molar-refractivity contribution is 5.18. The molecule has 1 aliphatic rings. The average molecular weight is 221 g/mol. The summed E-state index contributed by atoms with van der Waals surface area (Å²) >= 11 is 0. The number of aryl methyl sites for hydroxylation is 1. The normalized spacial score (nSPS) is 16.8. The molecule has 0 amide bonds. The fraction of sp³-hybridized carbons (Fsp3) is 0.769. The van der Waals surface area contributed by atoms with Crippen LogP contribution in [0.3, 0.4) is 0 Å². The highest BCUT2D eigenvalue weighted by Crippen LogP contribution is 2.37. The molecule has 2 N–H and O–H groups in total. The Bertz CT molecular complexity index is 337. The zero-order valence-electron chi connectivity index (χ0n) is 10.4. The third kappa shape index (κ3) is 2.29. The van der Waals surface area contributed by atoms with E-state index in [0.717, 1.165) is 25.3 Å². The summed E-state index contributed by atoms with van der Waals surface area (Å²) in [6.07, 6.45) is 6.13. The van der Waals surface area contributed by atoms with E-state index in [1.807, 2.05) is 0 Å². The van der Waals surface area contributed by atoms with Gasteiger partial charge in [-0.15, -0.1) is 0 Å². The van der Waals surface area contributed by atoms with Crippen LogP contribution in [0.25, 0.3) is 0 Å². The van der Waals surface area contributed by atoms with Crippen LogP contribution in [0.2, 0.25) is 0 Å². The minimum Gasteiger partial charge on any atom is -0.330 e. The largest absolute Gasteiger partial charge is 0.330 e. The molecule has 90 valence electrons. The van der Waals surface area contributed by atoms with Crippen molar-refractivity contribution in [3.05, 3.63) is 17.5 Å². The van der Waals surface area contributed by atoms with E-state index in [9.17, 15) is 0 Å². The van der Waals surface area contributed by atoms with Crippen molar-refractivity contribution in [2.24, 2.45) is 5.73 Å². The zero-order chi connectivity index (χ0) is 11.5. The van der Waals surface area contributed by atoms with Crippen molar-refractivity contribution in [2.75, 3.05) is 6.54 Å². The highest BCUT2D eigenvalue weighted by Gasteiger charge is 2.24. The number of aromatic nitrogens is 2. The number of hydrogen-bond donors (Lipinski definition) is 1. The molecule has 0 aromatic carbocycles. The summed E-state index contributed by atoms with van der Waals surface area (Å²) in [6.45, 7) is 5.18. The molecule has 1 fully saturated rings. The molecule has 3 heteroatoms. The number of nitrogens with zero attached hydrogens (tertiary/aromatic N) is 2. The first kappa shape index (κ1) is 11.6.